The number of alkyl halides is 3. The number of rotatable bonds is 4. The number of hydrogen-bond acceptors (Lipinski definition) is 1. The summed E-state index contributed by atoms with van der Waals surface area (Å²) in [5.74, 6) is -5.42. The molecule has 1 aliphatic rings. The fourth-order valence-electron chi connectivity index (χ4n) is 3.85. The molecule has 0 aliphatic heterocycles. The van der Waals surface area contributed by atoms with Crippen molar-refractivity contribution in [1.29, 1.82) is 0 Å². The second-order valence-corrected chi connectivity index (χ2v) is 7.57. The molecule has 0 aromatic heterocycles. The molecule has 0 fully saturated rings. The third-order valence-electron chi connectivity index (χ3n) is 5.48. The fraction of sp³-hybridized carbons (Fsp3) is 0.200. The zero-order valence-electron chi connectivity index (χ0n) is 17.0. The molecule has 0 N–H and O–H groups in total. The lowest BCUT2D eigenvalue weighted by Crippen LogP contribution is -2.19. The largest absolute Gasteiger partial charge is 0.573 e. The highest BCUT2D eigenvalue weighted by atomic mass is 19.4. The van der Waals surface area contributed by atoms with Gasteiger partial charge in [0.2, 0.25) is 5.75 Å². The van der Waals surface area contributed by atoms with Gasteiger partial charge >= 0.3 is 6.36 Å². The van der Waals surface area contributed by atoms with E-state index < -0.39 is 29.6 Å². The van der Waals surface area contributed by atoms with Crippen molar-refractivity contribution in [3.05, 3.63) is 88.2 Å². The molecule has 0 spiro atoms. The first kappa shape index (κ1) is 22.0. The Labute approximate surface area is 181 Å². The van der Waals surface area contributed by atoms with Gasteiger partial charge in [0.1, 0.15) is 5.82 Å². The summed E-state index contributed by atoms with van der Waals surface area (Å²) in [5, 5.41) is 0. The van der Waals surface area contributed by atoms with Crippen LogP contribution in [-0.4, -0.2) is 6.36 Å². The maximum Gasteiger partial charge on any atom is 0.573 e. The minimum Gasteiger partial charge on any atom is -0.399 e. The van der Waals surface area contributed by atoms with E-state index in [2.05, 4.69) is 11.7 Å². The van der Waals surface area contributed by atoms with Crippen molar-refractivity contribution >= 4 is 11.6 Å². The smallest absolute Gasteiger partial charge is 0.399 e. The van der Waals surface area contributed by atoms with Crippen LogP contribution in [0.1, 0.15) is 35.6 Å². The van der Waals surface area contributed by atoms with E-state index in [0.29, 0.717) is 30.5 Å². The van der Waals surface area contributed by atoms with Gasteiger partial charge in [0.25, 0.3) is 0 Å². The molecular weight excluding hydrogens is 430 g/mol. The normalized spacial score (nSPS) is 13.5. The van der Waals surface area contributed by atoms with Crippen LogP contribution >= 0.6 is 0 Å². The molecule has 3 aromatic carbocycles. The predicted octanol–water partition coefficient (Wildman–Crippen LogP) is 7.72. The van der Waals surface area contributed by atoms with E-state index in [1.165, 1.54) is 17.7 Å². The molecule has 0 saturated carbocycles. The van der Waals surface area contributed by atoms with E-state index in [1.807, 2.05) is 30.3 Å². The maximum atomic E-state index is 14.8. The van der Waals surface area contributed by atoms with Crippen LogP contribution in [0.2, 0.25) is 0 Å². The van der Waals surface area contributed by atoms with Crippen LogP contribution in [0.15, 0.2) is 48.5 Å². The Morgan fingerprint density at radius 2 is 1.47 bits per heavy atom. The van der Waals surface area contributed by atoms with Gasteiger partial charge in [0.15, 0.2) is 11.6 Å². The molecule has 0 unspecified atom stereocenters. The van der Waals surface area contributed by atoms with E-state index in [4.69, 9.17) is 0 Å². The summed E-state index contributed by atoms with van der Waals surface area (Å²) < 4.78 is 83.5. The first-order valence-corrected chi connectivity index (χ1v) is 10.0. The molecule has 0 heterocycles. The van der Waals surface area contributed by atoms with E-state index in [-0.39, 0.29) is 11.1 Å². The third-order valence-corrected chi connectivity index (χ3v) is 5.48. The van der Waals surface area contributed by atoms with Crippen molar-refractivity contribution in [3.63, 3.8) is 0 Å². The topological polar surface area (TPSA) is 9.23 Å². The van der Waals surface area contributed by atoms with Gasteiger partial charge in [0.05, 0.1) is 0 Å². The monoisotopic (exact) mass is 448 g/mol. The zero-order chi connectivity index (χ0) is 23.0. The number of hydrogen-bond donors (Lipinski definition) is 0. The average molecular weight is 448 g/mol. The molecule has 0 atom stereocenters. The van der Waals surface area contributed by atoms with Crippen molar-refractivity contribution in [2.24, 2.45) is 0 Å². The lowest BCUT2D eigenvalue weighted by Gasteiger charge is -2.19. The van der Waals surface area contributed by atoms with Crippen LogP contribution in [0, 0.1) is 17.5 Å². The average Bonchev–Trinajstić information content (AvgIpc) is 2.74. The first-order valence-electron chi connectivity index (χ1n) is 10.0. The molecule has 0 radical (unpaired) electrons. The molecule has 32 heavy (non-hydrogen) atoms. The third kappa shape index (κ3) is 4.52. The lowest BCUT2D eigenvalue weighted by molar-refractivity contribution is -0.276. The second kappa shape index (κ2) is 8.37. The van der Waals surface area contributed by atoms with Gasteiger partial charge in [-0.05, 0) is 76.9 Å². The van der Waals surface area contributed by atoms with Gasteiger partial charge in [-0.15, -0.1) is 13.2 Å². The number of allylic oxidation sites excluding steroid dienone is 1. The molecule has 1 aliphatic carbocycles. The zero-order valence-corrected chi connectivity index (χ0v) is 17.0. The Hall–Kier alpha value is -3.22. The molecular formula is C25H18F6O. The molecule has 1 nitrogen and oxygen atoms in total. The summed E-state index contributed by atoms with van der Waals surface area (Å²) >= 11 is 0. The van der Waals surface area contributed by atoms with E-state index >= 15 is 0 Å². The highest BCUT2D eigenvalue weighted by Gasteiger charge is 2.34. The summed E-state index contributed by atoms with van der Waals surface area (Å²) in [7, 11) is 0. The number of benzene rings is 3. The molecule has 0 bridgehead atoms. The minimum absolute atomic E-state index is 0.0933. The summed E-state index contributed by atoms with van der Waals surface area (Å²) in [6.45, 7) is 2.07. The van der Waals surface area contributed by atoms with Crippen LogP contribution in [0.3, 0.4) is 0 Å². The highest BCUT2D eigenvalue weighted by molar-refractivity contribution is 5.85. The van der Waals surface area contributed by atoms with E-state index in [9.17, 15) is 26.3 Å². The number of ether oxygens (including phenoxy) is 1. The standard InChI is InChI=1S/C25H18F6O/c1-2-14-3-5-15(6-4-14)16-7-8-17-10-20(21(26)11-18(17)9-16)19-12-22(27)24(23(28)13-19)32-25(29,30)31/h3-6,9-13H,2,7-8H2,1H3. The fourth-order valence-corrected chi connectivity index (χ4v) is 3.85. The SMILES string of the molecule is CCc1ccc(C2=Cc3cc(F)c(-c4cc(F)c(OC(F)(F)F)c(F)c4)cc3CC2)cc1. The van der Waals surface area contributed by atoms with Gasteiger partial charge in [-0.3, -0.25) is 0 Å². The Balaban J connectivity index is 1.69. The van der Waals surface area contributed by atoms with Crippen molar-refractivity contribution in [3.8, 4) is 16.9 Å². The Bertz CT molecular complexity index is 1170. The Morgan fingerprint density at radius 3 is 2.06 bits per heavy atom. The number of aryl methyl sites for hydroxylation is 2. The summed E-state index contributed by atoms with van der Waals surface area (Å²) in [4.78, 5) is 0. The van der Waals surface area contributed by atoms with Crippen LogP contribution in [-0.2, 0) is 12.8 Å². The van der Waals surface area contributed by atoms with Gasteiger partial charge < -0.3 is 4.74 Å². The van der Waals surface area contributed by atoms with Gasteiger partial charge in [-0.1, -0.05) is 37.3 Å². The predicted molar refractivity (Wildman–Crippen MR) is 110 cm³/mol. The molecule has 4 rings (SSSR count). The lowest BCUT2D eigenvalue weighted by atomic mass is 9.86. The molecule has 7 heteroatoms. The van der Waals surface area contributed by atoms with Crippen molar-refractivity contribution < 1.29 is 31.1 Å². The van der Waals surface area contributed by atoms with Crippen molar-refractivity contribution in [1.82, 2.24) is 0 Å². The summed E-state index contributed by atoms with van der Waals surface area (Å²) in [6, 6.07) is 12.2. The van der Waals surface area contributed by atoms with Crippen LogP contribution < -0.4 is 4.74 Å². The quantitative estimate of drug-likeness (QED) is 0.371. The van der Waals surface area contributed by atoms with Crippen molar-refractivity contribution in [2.75, 3.05) is 0 Å². The first-order chi connectivity index (χ1) is 15.1. The van der Waals surface area contributed by atoms with Crippen LogP contribution in [0.4, 0.5) is 26.3 Å². The van der Waals surface area contributed by atoms with E-state index in [0.717, 1.165) is 23.1 Å². The highest BCUT2D eigenvalue weighted by Crippen LogP contribution is 2.37. The van der Waals surface area contributed by atoms with Gasteiger partial charge in [0, 0.05) is 5.56 Å². The molecule has 166 valence electrons. The number of halogens is 6. The summed E-state index contributed by atoms with van der Waals surface area (Å²) in [5.41, 5.74) is 4.45. The van der Waals surface area contributed by atoms with Gasteiger partial charge in [-0.2, -0.15) is 0 Å². The van der Waals surface area contributed by atoms with E-state index in [1.54, 1.807) is 0 Å². The Morgan fingerprint density at radius 1 is 0.812 bits per heavy atom. The minimum atomic E-state index is -5.25. The maximum absolute atomic E-state index is 14.8. The number of fused-ring (bicyclic) bond motifs is 1. The van der Waals surface area contributed by atoms with Crippen LogP contribution in [0.5, 0.6) is 5.75 Å². The Kier molecular flexibility index (Phi) is 5.75. The molecule has 0 saturated heterocycles. The molecule has 3 aromatic rings. The molecule has 0 amide bonds. The van der Waals surface area contributed by atoms with Crippen LogP contribution in [0.25, 0.3) is 22.8 Å². The van der Waals surface area contributed by atoms with Crippen molar-refractivity contribution in [2.45, 2.75) is 32.5 Å². The summed E-state index contributed by atoms with van der Waals surface area (Å²) in [6.07, 6.45) is -1.15. The van der Waals surface area contributed by atoms with Gasteiger partial charge in [-0.25, -0.2) is 13.2 Å². The second-order valence-electron chi connectivity index (χ2n) is 7.57.